The molecule has 7 heteroatoms. The first-order valence-electron chi connectivity index (χ1n) is 6.99. The van der Waals surface area contributed by atoms with Gasteiger partial charge < -0.3 is 10.3 Å². The quantitative estimate of drug-likeness (QED) is 0.869. The van der Waals surface area contributed by atoms with E-state index in [0.29, 0.717) is 24.2 Å². The second kappa shape index (κ2) is 8.48. The third kappa shape index (κ3) is 4.43. The van der Waals surface area contributed by atoms with Gasteiger partial charge in [0, 0.05) is 11.1 Å². The summed E-state index contributed by atoms with van der Waals surface area (Å²) in [5, 5.41) is 4.72. The standard InChI is InChI=1S/C15H21ClN4O.ClH/c1-10(2)15(11-6-4-5-7-12(11)16)20(3)9-13-18-14(8-17)21-19-13;/h4-7,10,15H,8-9,17H2,1-3H3;1H. The van der Waals surface area contributed by atoms with Crippen LogP contribution in [0.15, 0.2) is 28.8 Å². The molecule has 1 aromatic heterocycles. The molecule has 1 aromatic carbocycles. The number of benzene rings is 1. The fourth-order valence-electron chi connectivity index (χ4n) is 2.58. The van der Waals surface area contributed by atoms with Crippen LogP contribution in [0.25, 0.3) is 0 Å². The van der Waals surface area contributed by atoms with Crippen LogP contribution in [0.5, 0.6) is 0 Å². The molecule has 2 rings (SSSR count). The molecule has 1 heterocycles. The Kier molecular flexibility index (Phi) is 7.29. The van der Waals surface area contributed by atoms with Gasteiger partial charge >= 0.3 is 0 Å². The minimum Gasteiger partial charge on any atom is -0.338 e. The van der Waals surface area contributed by atoms with Crippen LogP contribution < -0.4 is 5.73 Å². The van der Waals surface area contributed by atoms with Crippen molar-refractivity contribution in [3.05, 3.63) is 46.6 Å². The van der Waals surface area contributed by atoms with Gasteiger partial charge in [0.25, 0.3) is 0 Å². The molecular formula is C15H22Cl2N4O. The first-order valence-corrected chi connectivity index (χ1v) is 7.37. The van der Waals surface area contributed by atoms with E-state index in [1.165, 1.54) is 0 Å². The zero-order valence-corrected chi connectivity index (χ0v) is 14.6. The van der Waals surface area contributed by atoms with Gasteiger partial charge in [-0.25, -0.2) is 0 Å². The number of rotatable bonds is 6. The molecule has 0 fully saturated rings. The number of aromatic nitrogens is 2. The molecule has 0 saturated heterocycles. The maximum absolute atomic E-state index is 6.34. The summed E-state index contributed by atoms with van der Waals surface area (Å²) in [5.41, 5.74) is 6.60. The maximum atomic E-state index is 6.34. The lowest BCUT2D eigenvalue weighted by Crippen LogP contribution is -2.28. The topological polar surface area (TPSA) is 68.2 Å². The van der Waals surface area contributed by atoms with E-state index in [0.717, 1.165) is 10.6 Å². The minimum atomic E-state index is 0. The Hall–Kier alpha value is -1.14. The van der Waals surface area contributed by atoms with Crippen molar-refractivity contribution >= 4 is 24.0 Å². The molecule has 1 unspecified atom stereocenters. The first kappa shape index (κ1) is 18.9. The van der Waals surface area contributed by atoms with Crippen LogP contribution in [0.2, 0.25) is 5.02 Å². The number of nitrogens with two attached hydrogens (primary N) is 1. The predicted octanol–water partition coefficient (Wildman–Crippen LogP) is 3.43. The van der Waals surface area contributed by atoms with Crippen molar-refractivity contribution in [1.82, 2.24) is 15.0 Å². The maximum Gasteiger partial charge on any atom is 0.240 e. The summed E-state index contributed by atoms with van der Waals surface area (Å²) >= 11 is 6.34. The molecule has 1 atom stereocenters. The van der Waals surface area contributed by atoms with Gasteiger partial charge in [-0.15, -0.1) is 12.4 Å². The summed E-state index contributed by atoms with van der Waals surface area (Å²) in [4.78, 5) is 6.43. The molecular weight excluding hydrogens is 323 g/mol. The second-order valence-electron chi connectivity index (χ2n) is 5.43. The highest BCUT2D eigenvalue weighted by molar-refractivity contribution is 6.31. The van der Waals surface area contributed by atoms with Gasteiger partial charge in [-0.05, 0) is 24.6 Å². The van der Waals surface area contributed by atoms with Crippen LogP contribution in [0.4, 0.5) is 0 Å². The SMILES string of the molecule is CC(C)C(c1ccccc1Cl)N(C)Cc1noc(CN)n1.Cl. The summed E-state index contributed by atoms with van der Waals surface area (Å²) in [6.07, 6.45) is 0. The van der Waals surface area contributed by atoms with Crippen LogP contribution >= 0.6 is 24.0 Å². The molecule has 0 bridgehead atoms. The average molecular weight is 345 g/mol. The normalized spacial score (nSPS) is 12.5. The summed E-state index contributed by atoms with van der Waals surface area (Å²) in [5.74, 6) is 1.49. The Bertz CT molecular complexity index is 588. The van der Waals surface area contributed by atoms with Crippen LogP contribution in [-0.4, -0.2) is 22.1 Å². The van der Waals surface area contributed by atoms with E-state index in [-0.39, 0.29) is 25.0 Å². The molecule has 2 aromatic rings. The van der Waals surface area contributed by atoms with Crippen LogP contribution in [0.3, 0.4) is 0 Å². The van der Waals surface area contributed by atoms with Crippen molar-refractivity contribution < 1.29 is 4.52 Å². The monoisotopic (exact) mass is 344 g/mol. The Balaban J connectivity index is 0.00000242. The van der Waals surface area contributed by atoms with E-state index in [2.05, 4.69) is 35.0 Å². The summed E-state index contributed by atoms with van der Waals surface area (Å²) in [6, 6.07) is 8.10. The van der Waals surface area contributed by atoms with Crippen molar-refractivity contribution in [2.45, 2.75) is 33.0 Å². The van der Waals surface area contributed by atoms with E-state index in [9.17, 15) is 0 Å². The zero-order valence-electron chi connectivity index (χ0n) is 13.0. The number of hydrogen-bond donors (Lipinski definition) is 1. The predicted molar refractivity (Wildman–Crippen MR) is 89.9 cm³/mol. The minimum absolute atomic E-state index is 0. The lowest BCUT2D eigenvalue weighted by atomic mass is 9.94. The van der Waals surface area contributed by atoms with Gasteiger partial charge in [0.1, 0.15) is 0 Å². The van der Waals surface area contributed by atoms with Gasteiger partial charge in [0.2, 0.25) is 5.89 Å². The molecule has 5 nitrogen and oxygen atoms in total. The molecule has 122 valence electrons. The van der Waals surface area contributed by atoms with Gasteiger partial charge in [-0.1, -0.05) is 48.8 Å². The van der Waals surface area contributed by atoms with Crippen LogP contribution in [-0.2, 0) is 13.1 Å². The van der Waals surface area contributed by atoms with Gasteiger partial charge in [-0.3, -0.25) is 4.90 Å². The highest BCUT2D eigenvalue weighted by atomic mass is 35.5. The van der Waals surface area contributed by atoms with Crippen molar-refractivity contribution in [3.8, 4) is 0 Å². The van der Waals surface area contributed by atoms with E-state index in [1.54, 1.807) is 0 Å². The Morgan fingerprint density at radius 2 is 2.00 bits per heavy atom. The lowest BCUT2D eigenvalue weighted by molar-refractivity contribution is 0.180. The Morgan fingerprint density at radius 1 is 1.32 bits per heavy atom. The summed E-state index contributed by atoms with van der Waals surface area (Å²) < 4.78 is 5.05. The Labute approximate surface area is 142 Å². The van der Waals surface area contributed by atoms with Crippen molar-refractivity contribution in [3.63, 3.8) is 0 Å². The summed E-state index contributed by atoms with van der Waals surface area (Å²) in [7, 11) is 2.03. The molecule has 2 N–H and O–H groups in total. The molecule has 0 aliphatic heterocycles. The lowest BCUT2D eigenvalue weighted by Gasteiger charge is -2.31. The largest absolute Gasteiger partial charge is 0.338 e. The van der Waals surface area contributed by atoms with E-state index in [1.807, 2.05) is 25.2 Å². The number of nitrogens with zero attached hydrogens (tertiary/aromatic N) is 3. The molecule has 22 heavy (non-hydrogen) atoms. The third-order valence-electron chi connectivity index (χ3n) is 3.41. The second-order valence-corrected chi connectivity index (χ2v) is 5.84. The van der Waals surface area contributed by atoms with Crippen molar-refractivity contribution in [2.24, 2.45) is 11.7 Å². The first-order chi connectivity index (χ1) is 10.0. The summed E-state index contributed by atoms with van der Waals surface area (Å²) in [6.45, 7) is 5.18. The Morgan fingerprint density at radius 3 is 2.55 bits per heavy atom. The molecule has 0 saturated carbocycles. The number of hydrogen-bond acceptors (Lipinski definition) is 5. The van der Waals surface area contributed by atoms with Gasteiger partial charge in [0.15, 0.2) is 5.82 Å². The molecule has 0 spiro atoms. The highest BCUT2D eigenvalue weighted by Gasteiger charge is 2.24. The van der Waals surface area contributed by atoms with Crippen molar-refractivity contribution in [2.75, 3.05) is 7.05 Å². The molecule has 0 aliphatic rings. The van der Waals surface area contributed by atoms with Crippen LogP contribution in [0, 0.1) is 5.92 Å². The van der Waals surface area contributed by atoms with Gasteiger partial charge in [0.05, 0.1) is 13.1 Å². The fourth-order valence-corrected chi connectivity index (χ4v) is 2.83. The van der Waals surface area contributed by atoms with Crippen LogP contribution in [0.1, 0.15) is 37.2 Å². The smallest absolute Gasteiger partial charge is 0.240 e. The van der Waals surface area contributed by atoms with E-state index in [4.69, 9.17) is 21.9 Å². The third-order valence-corrected chi connectivity index (χ3v) is 3.75. The van der Waals surface area contributed by atoms with E-state index >= 15 is 0 Å². The highest BCUT2D eigenvalue weighted by Crippen LogP contribution is 2.32. The molecule has 0 radical (unpaired) electrons. The average Bonchev–Trinajstić information content (AvgIpc) is 2.88. The van der Waals surface area contributed by atoms with Gasteiger partial charge in [-0.2, -0.15) is 4.98 Å². The number of halogens is 2. The molecule has 0 aliphatic carbocycles. The molecule has 0 amide bonds. The van der Waals surface area contributed by atoms with E-state index < -0.39 is 0 Å². The fraction of sp³-hybridized carbons (Fsp3) is 0.467. The zero-order chi connectivity index (χ0) is 15.4. The van der Waals surface area contributed by atoms with Crippen molar-refractivity contribution in [1.29, 1.82) is 0 Å².